The molecule has 1 amide bonds. The minimum atomic E-state index is -0.165. The first-order valence-corrected chi connectivity index (χ1v) is 7.36. The lowest BCUT2D eigenvalue weighted by molar-refractivity contribution is 0.102. The number of amides is 1. The molecule has 5 heteroatoms. The zero-order valence-corrected chi connectivity index (χ0v) is 13.6. The number of carbonyl (C=O) groups excluding carboxylic acids is 1. The summed E-state index contributed by atoms with van der Waals surface area (Å²) < 4.78 is 10.7. The zero-order valence-electron chi connectivity index (χ0n) is 13.6. The van der Waals surface area contributed by atoms with Gasteiger partial charge in [-0.2, -0.15) is 0 Å². The molecule has 23 heavy (non-hydrogen) atoms. The molecule has 5 nitrogen and oxygen atoms in total. The van der Waals surface area contributed by atoms with Gasteiger partial charge >= 0.3 is 0 Å². The van der Waals surface area contributed by atoms with E-state index in [-0.39, 0.29) is 5.91 Å². The number of nitrogens with one attached hydrogen (secondary N) is 1. The minimum Gasteiger partial charge on any atom is -0.466 e. The van der Waals surface area contributed by atoms with E-state index in [1.165, 1.54) is 0 Å². The first kappa shape index (κ1) is 15.1. The van der Waals surface area contributed by atoms with Gasteiger partial charge in [-0.05, 0) is 32.9 Å². The normalized spacial score (nSPS) is 10.8. The number of aromatic nitrogens is 1. The Bertz CT molecular complexity index is 857. The van der Waals surface area contributed by atoms with Crippen molar-refractivity contribution in [3.05, 3.63) is 59.1 Å². The van der Waals surface area contributed by atoms with Gasteiger partial charge in [-0.15, -0.1) is 0 Å². The summed E-state index contributed by atoms with van der Waals surface area (Å²) >= 11 is 0. The van der Waals surface area contributed by atoms with Crippen molar-refractivity contribution in [3.63, 3.8) is 0 Å². The van der Waals surface area contributed by atoms with E-state index in [0.29, 0.717) is 17.2 Å². The van der Waals surface area contributed by atoms with Crippen LogP contribution < -0.4 is 5.32 Å². The fraction of sp³-hybridized carbons (Fsp3) is 0.222. The number of benzene rings is 1. The monoisotopic (exact) mass is 310 g/mol. The Hall–Kier alpha value is -2.82. The Morgan fingerprint density at radius 1 is 1.04 bits per heavy atom. The molecule has 1 aromatic carbocycles. The summed E-state index contributed by atoms with van der Waals surface area (Å²) in [5.74, 6) is 1.86. The summed E-state index contributed by atoms with van der Waals surface area (Å²) in [6.07, 6.45) is 1.61. The van der Waals surface area contributed by atoms with Gasteiger partial charge in [0.15, 0.2) is 5.89 Å². The summed E-state index contributed by atoms with van der Waals surface area (Å²) in [5.41, 5.74) is 3.90. The van der Waals surface area contributed by atoms with E-state index in [0.717, 1.165) is 28.3 Å². The molecule has 0 aliphatic carbocycles. The maximum absolute atomic E-state index is 12.4. The molecule has 118 valence electrons. The van der Waals surface area contributed by atoms with E-state index in [4.69, 9.17) is 8.83 Å². The Balaban J connectivity index is 1.79. The molecular weight excluding hydrogens is 292 g/mol. The first-order valence-electron chi connectivity index (χ1n) is 7.36. The van der Waals surface area contributed by atoms with Crippen LogP contribution in [-0.2, 0) is 0 Å². The van der Waals surface area contributed by atoms with Crippen molar-refractivity contribution in [2.45, 2.75) is 27.7 Å². The van der Waals surface area contributed by atoms with Crippen molar-refractivity contribution in [1.29, 1.82) is 0 Å². The topological polar surface area (TPSA) is 68.3 Å². The van der Waals surface area contributed by atoms with Crippen LogP contribution in [-0.4, -0.2) is 10.9 Å². The molecule has 0 aliphatic heterocycles. The highest BCUT2D eigenvalue weighted by Crippen LogP contribution is 2.24. The van der Waals surface area contributed by atoms with Crippen LogP contribution in [0.1, 0.15) is 33.3 Å². The third kappa shape index (κ3) is 2.90. The van der Waals surface area contributed by atoms with Crippen LogP contribution in [0.25, 0.3) is 11.3 Å². The number of rotatable bonds is 3. The SMILES string of the molecule is Cc1nc(-c2ccc(NC(=O)c3c(C)oc(C)c3C)cc2)co1. The molecule has 0 bridgehead atoms. The standard InChI is InChI=1S/C18H18N2O3/c1-10-11(2)23-12(3)17(10)18(21)20-15-7-5-14(6-8-15)16-9-22-13(4)19-16/h5-9H,1-4H3,(H,20,21). The van der Waals surface area contributed by atoms with Gasteiger partial charge in [-0.25, -0.2) is 4.98 Å². The predicted molar refractivity (Wildman–Crippen MR) is 87.5 cm³/mol. The average Bonchev–Trinajstić information content (AvgIpc) is 3.04. The number of hydrogen-bond donors (Lipinski definition) is 1. The van der Waals surface area contributed by atoms with Crippen LogP contribution in [0.15, 0.2) is 39.4 Å². The summed E-state index contributed by atoms with van der Waals surface area (Å²) in [7, 11) is 0. The molecule has 2 aromatic heterocycles. The molecule has 3 aromatic rings. The smallest absolute Gasteiger partial charge is 0.259 e. The van der Waals surface area contributed by atoms with Crippen LogP contribution in [0, 0.1) is 27.7 Å². The van der Waals surface area contributed by atoms with E-state index in [2.05, 4.69) is 10.3 Å². The zero-order chi connectivity index (χ0) is 16.6. The second-order valence-corrected chi connectivity index (χ2v) is 5.50. The van der Waals surface area contributed by atoms with E-state index < -0.39 is 0 Å². The second-order valence-electron chi connectivity index (χ2n) is 5.50. The fourth-order valence-corrected chi connectivity index (χ4v) is 2.54. The van der Waals surface area contributed by atoms with Crippen molar-refractivity contribution in [3.8, 4) is 11.3 Å². The fourth-order valence-electron chi connectivity index (χ4n) is 2.54. The molecule has 0 unspecified atom stereocenters. The quantitative estimate of drug-likeness (QED) is 0.777. The van der Waals surface area contributed by atoms with Crippen molar-refractivity contribution in [2.24, 2.45) is 0 Å². The van der Waals surface area contributed by atoms with Gasteiger partial charge in [0.2, 0.25) is 0 Å². The van der Waals surface area contributed by atoms with Crippen molar-refractivity contribution in [2.75, 3.05) is 5.32 Å². The van der Waals surface area contributed by atoms with E-state index >= 15 is 0 Å². The largest absolute Gasteiger partial charge is 0.466 e. The molecule has 0 atom stereocenters. The molecule has 0 saturated carbocycles. The van der Waals surface area contributed by atoms with Crippen LogP contribution >= 0.6 is 0 Å². The Labute approximate surface area is 134 Å². The summed E-state index contributed by atoms with van der Waals surface area (Å²) in [6, 6.07) is 7.48. The average molecular weight is 310 g/mol. The Morgan fingerprint density at radius 2 is 1.74 bits per heavy atom. The van der Waals surface area contributed by atoms with Gasteiger partial charge < -0.3 is 14.2 Å². The first-order chi connectivity index (χ1) is 11.0. The van der Waals surface area contributed by atoms with Crippen LogP contribution in [0.2, 0.25) is 0 Å². The molecule has 3 rings (SSSR count). The van der Waals surface area contributed by atoms with Crippen molar-refractivity contribution < 1.29 is 13.6 Å². The second kappa shape index (κ2) is 5.76. The molecule has 0 saturated heterocycles. The van der Waals surface area contributed by atoms with Gasteiger partial charge in [0, 0.05) is 23.7 Å². The van der Waals surface area contributed by atoms with Gasteiger partial charge in [0.25, 0.3) is 5.91 Å². The maximum atomic E-state index is 12.4. The van der Waals surface area contributed by atoms with Crippen LogP contribution in [0.5, 0.6) is 0 Å². The molecule has 0 fully saturated rings. The van der Waals surface area contributed by atoms with Crippen molar-refractivity contribution in [1.82, 2.24) is 4.98 Å². The van der Waals surface area contributed by atoms with E-state index in [1.54, 1.807) is 20.1 Å². The molecule has 2 heterocycles. The lowest BCUT2D eigenvalue weighted by Gasteiger charge is -2.06. The minimum absolute atomic E-state index is 0.165. The Morgan fingerprint density at radius 3 is 2.26 bits per heavy atom. The molecule has 0 aliphatic rings. The van der Waals surface area contributed by atoms with Gasteiger partial charge in [-0.1, -0.05) is 12.1 Å². The van der Waals surface area contributed by atoms with Crippen LogP contribution in [0.3, 0.4) is 0 Å². The Kier molecular flexibility index (Phi) is 3.78. The maximum Gasteiger partial charge on any atom is 0.259 e. The van der Waals surface area contributed by atoms with E-state index in [9.17, 15) is 4.79 Å². The third-order valence-electron chi connectivity index (χ3n) is 3.85. The number of aryl methyl sites for hydroxylation is 3. The summed E-state index contributed by atoms with van der Waals surface area (Å²) in [6.45, 7) is 7.34. The highest BCUT2D eigenvalue weighted by atomic mass is 16.3. The highest BCUT2D eigenvalue weighted by Gasteiger charge is 2.18. The van der Waals surface area contributed by atoms with E-state index in [1.807, 2.05) is 38.1 Å². The number of hydrogen-bond acceptors (Lipinski definition) is 4. The van der Waals surface area contributed by atoms with Gasteiger partial charge in [-0.3, -0.25) is 4.79 Å². The van der Waals surface area contributed by atoms with Crippen molar-refractivity contribution >= 4 is 11.6 Å². The number of anilines is 1. The van der Waals surface area contributed by atoms with Crippen LogP contribution in [0.4, 0.5) is 5.69 Å². The number of carbonyl (C=O) groups is 1. The number of oxazole rings is 1. The third-order valence-corrected chi connectivity index (χ3v) is 3.85. The lowest BCUT2D eigenvalue weighted by atomic mass is 10.1. The molecule has 1 N–H and O–H groups in total. The molecular formula is C18H18N2O3. The highest BCUT2D eigenvalue weighted by molar-refractivity contribution is 6.06. The summed E-state index contributed by atoms with van der Waals surface area (Å²) in [4.78, 5) is 16.7. The number of nitrogens with zero attached hydrogens (tertiary/aromatic N) is 1. The lowest BCUT2D eigenvalue weighted by Crippen LogP contribution is -2.13. The number of furan rings is 1. The molecule has 0 radical (unpaired) electrons. The van der Waals surface area contributed by atoms with Gasteiger partial charge in [0.1, 0.15) is 23.5 Å². The van der Waals surface area contributed by atoms with Gasteiger partial charge in [0.05, 0.1) is 5.56 Å². The summed E-state index contributed by atoms with van der Waals surface area (Å²) in [5, 5.41) is 2.89. The predicted octanol–water partition coefficient (Wildman–Crippen LogP) is 4.42. The molecule has 0 spiro atoms.